The lowest BCUT2D eigenvalue weighted by Crippen LogP contribution is -2.24. The Kier molecular flexibility index (Phi) is 8.73. The third kappa shape index (κ3) is 6.64. The average Bonchev–Trinajstić information content (AvgIpc) is 2.68. The van der Waals surface area contributed by atoms with Crippen molar-refractivity contribution in [3.8, 4) is 11.5 Å². The molecule has 0 bridgehead atoms. The van der Waals surface area contributed by atoms with Gasteiger partial charge in [0.25, 0.3) is 0 Å². The SMILES string of the molecule is C=CCc1cc(/C=N/NC(=O)Nc2ccc(Br)c(C)c2)cc(OCC)c1OCC. The summed E-state index contributed by atoms with van der Waals surface area (Å²) in [6.07, 6.45) is 4.01. The first-order valence-corrected chi connectivity index (χ1v) is 10.2. The molecule has 2 aromatic rings. The molecule has 0 saturated carbocycles. The smallest absolute Gasteiger partial charge is 0.339 e. The molecule has 0 fully saturated rings. The summed E-state index contributed by atoms with van der Waals surface area (Å²) >= 11 is 3.43. The third-order valence-corrected chi connectivity index (χ3v) is 4.79. The minimum Gasteiger partial charge on any atom is -0.490 e. The van der Waals surface area contributed by atoms with Crippen molar-refractivity contribution in [2.45, 2.75) is 27.2 Å². The highest BCUT2D eigenvalue weighted by atomic mass is 79.9. The van der Waals surface area contributed by atoms with E-state index in [1.54, 1.807) is 12.3 Å². The fourth-order valence-electron chi connectivity index (χ4n) is 2.68. The predicted octanol–water partition coefficient (Wildman–Crippen LogP) is 5.44. The molecule has 154 valence electrons. The third-order valence-electron chi connectivity index (χ3n) is 3.90. The Morgan fingerprint density at radius 3 is 2.62 bits per heavy atom. The Balaban J connectivity index is 2.12. The van der Waals surface area contributed by atoms with Crippen LogP contribution in [0.25, 0.3) is 0 Å². The van der Waals surface area contributed by atoms with E-state index in [1.807, 2.05) is 51.1 Å². The number of halogens is 1. The lowest BCUT2D eigenvalue weighted by atomic mass is 10.1. The molecular formula is C22H26BrN3O3. The van der Waals surface area contributed by atoms with E-state index in [9.17, 15) is 4.79 Å². The number of anilines is 1. The first kappa shape index (κ1) is 22.5. The number of allylic oxidation sites excluding steroid dienone is 1. The molecule has 2 aromatic carbocycles. The summed E-state index contributed by atoms with van der Waals surface area (Å²) < 4.78 is 12.5. The van der Waals surface area contributed by atoms with Crippen molar-refractivity contribution in [1.29, 1.82) is 0 Å². The van der Waals surface area contributed by atoms with Crippen LogP contribution in [0, 0.1) is 6.92 Å². The van der Waals surface area contributed by atoms with E-state index in [0.29, 0.717) is 36.8 Å². The molecule has 0 aromatic heterocycles. The van der Waals surface area contributed by atoms with Gasteiger partial charge in [-0.15, -0.1) is 6.58 Å². The van der Waals surface area contributed by atoms with Crippen LogP contribution >= 0.6 is 15.9 Å². The van der Waals surface area contributed by atoms with E-state index in [2.05, 4.69) is 38.4 Å². The van der Waals surface area contributed by atoms with Crippen molar-refractivity contribution < 1.29 is 14.3 Å². The van der Waals surface area contributed by atoms with Crippen molar-refractivity contribution >= 4 is 33.9 Å². The Labute approximate surface area is 180 Å². The second kappa shape index (κ2) is 11.3. The van der Waals surface area contributed by atoms with Crippen molar-refractivity contribution in [2.75, 3.05) is 18.5 Å². The summed E-state index contributed by atoms with van der Waals surface area (Å²) in [5, 5.41) is 6.78. The van der Waals surface area contributed by atoms with E-state index in [-0.39, 0.29) is 0 Å². The Morgan fingerprint density at radius 2 is 1.97 bits per heavy atom. The molecule has 2 N–H and O–H groups in total. The highest BCUT2D eigenvalue weighted by molar-refractivity contribution is 9.10. The average molecular weight is 460 g/mol. The molecular weight excluding hydrogens is 434 g/mol. The number of benzene rings is 2. The van der Waals surface area contributed by atoms with Crippen LogP contribution in [0.2, 0.25) is 0 Å². The Morgan fingerprint density at radius 1 is 1.21 bits per heavy atom. The molecule has 0 radical (unpaired) electrons. The number of carbonyl (C=O) groups is 1. The van der Waals surface area contributed by atoms with Crippen LogP contribution < -0.4 is 20.2 Å². The van der Waals surface area contributed by atoms with Crippen LogP contribution in [-0.2, 0) is 6.42 Å². The lowest BCUT2D eigenvalue weighted by Gasteiger charge is -2.15. The van der Waals surface area contributed by atoms with E-state index in [0.717, 1.165) is 21.2 Å². The fourth-order valence-corrected chi connectivity index (χ4v) is 2.93. The van der Waals surface area contributed by atoms with Gasteiger partial charge >= 0.3 is 6.03 Å². The van der Waals surface area contributed by atoms with Gasteiger partial charge in [0.1, 0.15) is 0 Å². The number of rotatable bonds is 9. The summed E-state index contributed by atoms with van der Waals surface area (Å²) in [5.74, 6) is 1.35. The highest BCUT2D eigenvalue weighted by Crippen LogP contribution is 2.33. The molecule has 2 amide bonds. The molecule has 0 aliphatic rings. The predicted molar refractivity (Wildman–Crippen MR) is 121 cm³/mol. The molecule has 29 heavy (non-hydrogen) atoms. The van der Waals surface area contributed by atoms with Gasteiger partial charge in [-0.1, -0.05) is 22.0 Å². The maximum atomic E-state index is 12.1. The minimum atomic E-state index is -0.426. The number of hydrazone groups is 1. The number of nitrogens with one attached hydrogen (secondary N) is 2. The number of ether oxygens (including phenoxy) is 2. The minimum absolute atomic E-state index is 0.426. The van der Waals surface area contributed by atoms with E-state index < -0.39 is 6.03 Å². The zero-order valence-electron chi connectivity index (χ0n) is 16.9. The first-order valence-electron chi connectivity index (χ1n) is 9.38. The number of nitrogens with zero attached hydrogens (tertiary/aromatic N) is 1. The van der Waals surface area contributed by atoms with Crippen LogP contribution in [0.5, 0.6) is 11.5 Å². The number of urea groups is 1. The summed E-state index contributed by atoms with van der Waals surface area (Å²) in [6, 6.07) is 8.91. The van der Waals surface area contributed by atoms with E-state index >= 15 is 0 Å². The second-order valence-corrected chi connectivity index (χ2v) is 7.01. The molecule has 0 saturated heterocycles. The summed E-state index contributed by atoms with van der Waals surface area (Å²) in [6.45, 7) is 10.7. The molecule has 0 aliphatic heterocycles. The lowest BCUT2D eigenvalue weighted by molar-refractivity contribution is 0.252. The van der Waals surface area contributed by atoms with Crippen LogP contribution in [0.4, 0.5) is 10.5 Å². The maximum absolute atomic E-state index is 12.1. The highest BCUT2D eigenvalue weighted by Gasteiger charge is 2.12. The Bertz CT molecular complexity index is 897. The number of carbonyl (C=O) groups excluding carboxylic acids is 1. The molecule has 0 atom stereocenters. The van der Waals surface area contributed by atoms with Crippen molar-refractivity contribution in [3.05, 3.63) is 64.1 Å². The van der Waals surface area contributed by atoms with Crippen LogP contribution in [-0.4, -0.2) is 25.5 Å². The zero-order valence-corrected chi connectivity index (χ0v) is 18.5. The van der Waals surface area contributed by atoms with Gasteiger partial charge in [-0.25, -0.2) is 10.2 Å². The normalized spacial score (nSPS) is 10.6. The van der Waals surface area contributed by atoms with Gasteiger partial charge < -0.3 is 14.8 Å². The van der Waals surface area contributed by atoms with Gasteiger partial charge in [-0.2, -0.15) is 5.10 Å². The number of hydrogen-bond donors (Lipinski definition) is 2. The van der Waals surface area contributed by atoms with Gasteiger partial charge in [-0.3, -0.25) is 0 Å². The van der Waals surface area contributed by atoms with Gasteiger partial charge in [-0.05, 0) is 68.7 Å². The van der Waals surface area contributed by atoms with Crippen LogP contribution in [0.15, 0.2) is 52.6 Å². The maximum Gasteiger partial charge on any atom is 0.339 e. The summed E-state index contributed by atoms with van der Waals surface area (Å²) in [7, 11) is 0. The van der Waals surface area contributed by atoms with Crippen molar-refractivity contribution in [2.24, 2.45) is 5.10 Å². The van der Waals surface area contributed by atoms with Crippen LogP contribution in [0.1, 0.15) is 30.5 Å². The molecule has 2 rings (SSSR count). The van der Waals surface area contributed by atoms with E-state index in [1.165, 1.54) is 0 Å². The number of aryl methyl sites for hydroxylation is 1. The number of hydrogen-bond acceptors (Lipinski definition) is 4. The Hall–Kier alpha value is -2.80. The fraction of sp³-hybridized carbons (Fsp3) is 0.273. The molecule has 0 aliphatic carbocycles. The number of amides is 2. The first-order chi connectivity index (χ1) is 14.0. The molecule has 0 spiro atoms. The summed E-state index contributed by atoms with van der Waals surface area (Å²) in [5.41, 5.74) is 5.92. The standard InChI is InChI=1S/C22H26BrN3O3/c1-5-8-17-12-16(13-20(28-6-2)21(17)29-7-3)14-24-26-22(27)25-18-9-10-19(23)15(4)11-18/h5,9-14H,1,6-8H2,2-4H3,(H2,25,26,27)/b24-14+. The largest absolute Gasteiger partial charge is 0.490 e. The van der Waals surface area contributed by atoms with E-state index in [4.69, 9.17) is 9.47 Å². The van der Waals surface area contributed by atoms with Gasteiger partial charge in [0.05, 0.1) is 19.4 Å². The molecule has 6 nitrogen and oxygen atoms in total. The summed E-state index contributed by atoms with van der Waals surface area (Å²) in [4.78, 5) is 12.1. The van der Waals surface area contributed by atoms with Crippen LogP contribution in [0.3, 0.4) is 0 Å². The molecule has 7 heteroatoms. The topological polar surface area (TPSA) is 72.0 Å². The van der Waals surface area contributed by atoms with Crippen molar-refractivity contribution in [3.63, 3.8) is 0 Å². The van der Waals surface area contributed by atoms with Gasteiger partial charge in [0.15, 0.2) is 11.5 Å². The molecule has 0 unspecified atom stereocenters. The van der Waals surface area contributed by atoms with Crippen molar-refractivity contribution in [1.82, 2.24) is 5.43 Å². The van der Waals surface area contributed by atoms with Gasteiger partial charge in [0.2, 0.25) is 0 Å². The van der Waals surface area contributed by atoms with Gasteiger partial charge in [0, 0.05) is 15.7 Å². The molecule has 0 heterocycles. The second-order valence-electron chi connectivity index (χ2n) is 6.15. The quantitative estimate of drug-likeness (QED) is 0.298. The monoisotopic (exact) mass is 459 g/mol. The zero-order chi connectivity index (χ0) is 21.2.